The predicted molar refractivity (Wildman–Crippen MR) is 142 cm³/mol. The Balaban J connectivity index is 1.28. The lowest BCUT2D eigenvalue weighted by atomic mass is 10.2. The molecule has 10 heteroatoms. The third kappa shape index (κ3) is 4.08. The van der Waals surface area contributed by atoms with Crippen LogP contribution in [0, 0.1) is 0 Å². The van der Waals surface area contributed by atoms with Crippen molar-refractivity contribution in [2.24, 2.45) is 0 Å². The van der Waals surface area contributed by atoms with Crippen molar-refractivity contribution in [1.29, 1.82) is 0 Å². The van der Waals surface area contributed by atoms with Gasteiger partial charge in [-0.05, 0) is 48.9 Å². The molecular weight excluding hydrogens is 505 g/mol. The lowest BCUT2D eigenvalue weighted by molar-refractivity contribution is -0.137. The predicted octanol–water partition coefficient (Wildman–Crippen LogP) is 6.20. The first kappa shape index (κ1) is 23.4. The number of imidazole rings is 1. The van der Waals surface area contributed by atoms with Crippen LogP contribution < -0.4 is 5.32 Å². The number of fused-ring (bicyclic) bond motifs is 5. The summed E-state index contributed by atoms with van der Waals surface area (Å²) in [6, 6.07) is 19.4. The van der Waals surface area contributed by atoms with E-state index in [2.05, 4.69) is 24.8 Å². The number of nitrogens with zero attached hydrogens (tertiary/aromatic N) is 5. The molecule has 1 aliphatic heterocycles. The molecule has 7 nitrogen and oxygen atoms in total. The molecule has 39 heavy (non-hydrogen) atoms. The van der Waals surface area contributed by atoms with Crippen LogP contribution in [-0.4, -0.2) is 30.0 Å². The molecule has 0 saturated carbocycles. The first-order chi connectivity index (χ1) is 18.8. The number of benzene rings is 2. The summed E-state index contributed by atoms with van der Waals surface area (Å²) in [6.07, 6.45) is -1.77. The van der Waals surface area contributed by atoms with Crippen molar-refractivity contribution in [2.75, 3.05) is 5.32 Å². The van der Waals surface area contributed by atoms with Gasteiger partial charge in [0, 0.05) is 35.6 Å². The van der Waals surface area contributed by atoms with Gasteiger partial charge in [-0.1, -0.05) is 24.3 Å². The molecule has 6 aromatic rings. The van der Waals surface area contributed by atoms with Crippen LogP contribution in [0.25, 0.3) is 33.0 Å². The zero-order chi connectivity index (χ0) is 26.7. The first-order valence-corrected chi connectivity index (χ1v) is 12.6. The van der Waals surface area contributed by atoms with Crippen molar-refractivity contribution < 1.29 is 18.0 Å². The number of rotatable bonds is 4. The highest BCUT2D eigenvalue weighted by Gasteiger charge is 2.32. The summed E-state index contributed by atoms with van der Waals surface area (Å²) in [5.74, 6) is 0.566. The number of para-hydroxylation sites is 1. The lowest BCUT2D eigenvalue weighted by Crippen LogP contribution is -2.18. The summed E-state index contributed by atoms with van der Waals surface area (Å²) in [4.78, 5) is 27.0. The van der Waals surface area contributed by atoms with Crippen molar-refractivity contribution in [2.45, 2.75) is 32.1 Å². The number of carbonyl (C=O) groups is 1. The minimum atomic E-state index is -4.55. The summed E-state index contributed by atoms with van der Waals surface area (Å²) in [7, 11) is 0. The zero-order valence-electron chi connectivity index (χ0n) is 20.5. The van der Waals surface area contributed by atoms with Gasteiger partial charge in [0.1, 0.15) is 17.2 Å². The van der Waals surface area contributed by atoms with E-state index in [4.69, 9.17) is 0 Å². The maximum absolute atomic E-state index is 13.5. The molecule has 0 spiro atoms. The average Bonchev–Trinajstić information content (AvgIpc) is 3.61. The van der Waals surface area contributed by atoms with E-state index in [9.17, 15) is 18.0 Å². The van der Waals surface area contributed by atoms with Crippen LogP contribution in [0.3, 0.4) is 0 Å². The zero-order valence-corrected chi connectivity index (χ0v) is 20.5. The van der Waals surface area contributed by atoms with Crippen molar-refractivity contribution in [3.05, 3.63) is 95.7 Å². The maximum atomic E-state index is 13.5. The van der Waals surface area contributed by atoms with Crippen molar-refractivity contribution in [1.82, 2.24) is 24.1 Å². The van der Waals surface area contributed by atoms with Gasteiger partial charge in [0.15, 0.2) is 0 Å². The fourth-order valence-corrected chi connectivity index (χ4v) is 5.30. The van der Waals surface area contributed by atoms with E-state index in [1.54, 1.807) is 4.57 Å². The van der Waals surface area contributed by atoms with Crippen LogP contribution in [0.1, 0.15) is 34.0 Å². The van der Waals surface area contributed by atoms with Gasteiger partial charge in [0.25, 0.3) is 5.91 Å². The molecule has 0 radical (unpaired) electrons. The summed E-state index contributed by atoms with van der Waals surface area (Å²) in [5, 5.41) is 4.08. The van der Waals surface area contributed by atoms with Gasteiger partial charge in [-0.15, -0.1) is 0 Å². The second-order valence-corrected chi connectivity index (χ2v) is 9.69. The SMILES string of the molecule is O=C(Nc1ccc2c(c1)nc1n2CCC1)c1cc2cc(C(F)(F)F)cnc2n1Cc1ccc2ccccc2n1. The van der Waals surface area contributed by atoms with Crippen molar-refractivity contribution in [3.63, 3.8) is 0 Å². The topological polar surface area (TPSA) is 77.6 Å². The highest BCUT2D eigenvalue weighted by atomic mass is 19.4. The van der Waals surface area contributed by atoms with Crippen LogP contribution in [0.2, 0.25) is 0 Å². The van der Waals surface area contributed by atoms with Crippen LogP contribution in [0.15, 0.2) is 72.9 Å². The van der Waals surface area contributed by atoms with Gasteiger partial charge in [-0.25, -0.2) is 9.97 Å². The standard InChI is InChI=1S/C29H21F3N6O/c30-29(31,32)19-12-18-13-25(28(39)35-20-9-10-24-23(14-20)36-26-6-3-11-37(24)26)38(27(18)33-15-19)16-21-8-7-17-4-1-2-5-22(17)34-21/h1-2,4-5,7-10,12-15H,3,6,11,16H2,(H,35,39). The molecule has 0 unspecified atom stereocenters. The number of amides is 1. The Bertz CT molecular complexity index is 1920. The molecule has 4 aromatic heterocycles. The molecule has 1 N–H and O–H groups in total. The van der Waals surface area contributed by atoms with E-state index < -0.39 is 17.6 Å². The van der Waals surface area contributed by atoms with E-state index in [0.717, 1.165) is 59.4 Å². The smallest absolute Gasteiger partial charge is 0.328 e. The summed E-state index contributed by atoms with van der Waals surface area (Å²) in [5.41, 5.74) is 3.36. The Morgan fingerprint density at radius 2 is 1.82 bits per heavy atom. The van der Waals surface area contributed by atoms with Crippen LogP contribution in [0.5, 0.6) is 0 Å². The number of halogens is 3. The van der Waals surface area contributed by atoms with Crippen LogP contribution in [0.4, 0.5) is 18.9 Å². The number of alkyl halides is 3. The number of carbonyl (C=O) groups excluding carboxylic acids is 1. The molecule has 0 bridgehead atoms. The van der Waals surface area contributed by atoms with Crippen molar-refractivity contribution >= 4 is 44.6 Å². The quantitative estimate of drug-likeness (QED) is 0.297. The highest BCUT2D eigenvalue weighted by Crippen LogP contribution is 2.32. The Morgan fingerprint density at radius 1 is 0.949 bits per heavy atom. The molecule has 1 aliphatic rings. The Morgan fingerprint density at radius 3 is 2.69 bits per heavy atom. The molecule has 7 rings (SSSR count). The number of pyridine rings is 2. The molecule has 5 heterocycles. The van der Waals surface area contributed by atoms with Crippen LogP contribution >= 0.6 is 0 Å². The second-order valence-electron chi connectivity index (χ2n) is 9.69. The maximum Gasteiger partial charge on any atom is 0.417 e. The van der Waals surface area contributed by atoms with Crippen molar-refractivity contribution in [3.8, 4) is 0 Å². The third-order valence-corrected chi connectivity index (χ3v) is 7.14. The number of hydrogen-bond acceptors (Lipinski definition) is 4. The van der Waals surface area contributed by atoms with E-state index in [0.29, 0.717) is 11.4 Å². The van der Waals surface area contributed by atoms with Gasteiger partial charge in [-0.3, -0.25) is 9.78 Å². The Labute approximate surface area is 219 Å². The lowest BCUT2D eigenvalue weighted by Gasteiger charge is -2.12. The number of anilines is 1. The van der Waals surface area contributed by atoms with Gasteiger partial charge in [0.2, 0.25) is 0 Å². The fourth-order valence-electron chi connectivity index (χ4n) is 5.30. The summed E-state index contributed by atoms with van der Waals surface area (Å²) >= 11 is 0. The molecule has 0 fully saturated rings. The number of nitrogens with one attached hydrogen (secondary N) is 1. The van der Waals surface area contributed by atoms with Gasteiger partial charge in [0.05, 0.1) is 34.4 Å². The number of aromatic nitrogens is 5. The molecule has 0 aliphatic carbocycles. The van der Waals surface area contributed by atoms with Gasteiger partial charge >= 0.3 is 6.18 Å². The normalized spacial score (nSPS) is 13.4. The van der Waals surface area contributed by atoms with Gasteiger partial charge in [-0.2, -0.15) is 13.2 Å². The first-order valence-electron chi connectivity index (χ1n) is 12.6. The average molecular weight is 527 g/mol. The van der Waals surface area contributed by atoms with E-state index in [-0.39, 0.29) is 23.3 Å². The Hall–Kier alpha value is -4.73. The minimum Gasteiger partial charge on any atom is -0.328 e. The van der Waals surface area contributed by atoms with Crippen LogP contribution in [-0.2, 0) is 25.7 Å². The molecule has 0 saturated heterocycles. The summed E-state index contributed by atoms with van der Waals surface area (Å²) in [6.45, 7) is 1.08. The van der Waals surface area contributed by atoms with E-state index >= 15 is 0 Å². The number of hydrogen-bond donors (Lipinski definition) is 1. The molecule has 194 valence electrons. The minimum absolute atomic E-state index is 0.155. The Kier molecular flexibility index (Phi) is 5.19. The molecule has 0 atom stereocenters. The number of aryl methyl sites for hydroxylation is 2. The molecule has 1 amide bonds. The molecular formula is C29H21F3N6O. The van der Waals surface area contributed by atoms with Gasteiger partial charge < -0.3 is 14.5 Å². The largest absolute Gasteiger partial charge is 0.417 e. The molecule has 2 aromatic carbocycles. The van der Waals surface area contributed by atoms with E-state index in [1.807, 2.05) is 54.6 Å². The fraction of sp³-hybridized carbons (Fsp3) is 0.172. The third-order valence-electron chi connectivity index (χ3n) is 7.14. The van der Waals surface area contributed by atoms with E-state index in [1.165, 1.54) is 6.07 Å². The monoisotopic (exact) mass is 526 g/mol. The summed E-state index contributed by atoms with van der Waals surface area (Å²) < 4.78 is 44.0. The second kappa shape index (κ2) is 8.65. The highest BCUT2D eigenvalue weighted by molar-refractivity contribution is 6.06.